The van der Waals surface area contributed by atoms with Crippen LogP contribution in [0.5, 0.6) is 5.88 Å². The molecular weight excluding hydrogens is 428 g/mol. The summed E-state index contributed by atoms with van der Waals surface area (Å²) in [7, 11) is 1.34. The number of hydrogen-bond acceptors (Lipinski definition) is 5. The lowest BCUT2D eigenvalue weighted by Gasteiger charge is -2.09. The topological polar surface area (TPSA) is 92.5 Å². The minimum absolute atomic E-state index is 0.0173. The number of carbonyl (C=O) groups is 1. The Morgan fingerprint density at radius 1 is 1.06 bits per heavy atom. The van der Waals surface area contributed by atoms with Crippen LogP contribution in [0.2, 0.25) is 0 Å². The normalized spacial score (nSPS) is 11.6. The van der Waals surface area contributed by atoms with E-state index < -0.39 is 5.97 Å². The lowest BCUT2D eigenvalue weighted by molar-refractivity contribution is 0.0601. The van der Waals surface area contributed by atoms with Crippen LogP contribution in [0.25, 0.3) is 10.9 Å². The number of hydrogen-bond donors (Lipinski definition) is 2. The first kappa shape index (κ1) is 21.2. The Labute approximate surface area is 196 Å². The maximum Gasteiger partial charge on any atom is 0.337 e. The fourth-order valence-electron chi connectivity index (χ4n) is 3.92. The third-order valence-electron chi connectivity index (χ3n) is 5.59. The highest BCUT2D eigenvalue weighted by atomic mass is 16.5. The van der Waals surface area contributed by atoms with Gasteiger partial charge in [0.25, 0.3) is 0 Å². The van der Waals surface area contributed by atoms with Gasteiger partial charge in [0, 0.05) is 35.4 Å². The van der Waals surface area contributed by atoms with Crippen molar-refractivity contribution in [2.45, 2.75) is 6.54 Å². The number of esters is 1. The Morgan fingerprint density at radius 3 is 2.56 bits per heavy atom. The Bertz CT molecular complexity index is 1470. The average Bonchev–Trinajstić information content (AvgIpc) is 3.50. The molecule has 0 amide bonds. The number of aromatic hydroxyl groups is 1. The van der Waals surface area contributed by atoms with Gasteiger partial charge in [-0.05, 0) is 29.8 Å². The SMILES string of the molecule is COC(=O)c1ccc2c(C(=Nc3ccc(Cn4ccnc4)cc3)c3ccccc3)c(O)[nH]c2c1. The van der Waals surface area contributed by atoms with Crippen molar-refractivity contribution < 1.29 is 14.6 Å². The summed E-state index contributed by atoms with van der Waals surface area (Å²) in [5, 5.41) is 11.6. The summed E-state index contributed by atoms with van der Waals surface area (Å²) in [4.78, 5) is 23.9. The molecule has 2 aromatic heterocycles. The number of rotatable bonds is 6. The number of ether oxygens (including phenoxy) is 1. The maximum atomic E-state index is 11.9. The number of aliphatic imine (C=N–C) groups is 1. The molecule has 0 fully saturated rings. The summed E-state index contributed by atoms with van der Waals surface area (Å²) in [5.41, 5.74) is 4.96. The molecule has 0 saturated heterocycles. The molecule has 0 spiro atoms. The molecule has 0 saturated carbocycles. The van der Waals surface area contributed by atoms with Crippen molar-refractivity contribution in [2.24, 2.45) is 4.99 Å². The van der Waals surface area contributed by atoms with Gasteiger partial charge in [0.1, 0.15) is 0 Å². The van der Waals surface area contributed by atoms with E-state index >= 15 is 0 Å². The number of aromatic nitrogens is 3. The van der Waals surface area contributed by atoms with E-state index in [0.29, 0.717) is 22.4 Å². The van der Waals surface area contributed by atoms with Crippen LogP contribution < -0.4 is 0 Å². The summed E-state index contributed by atoms with van der Waals surface area (Å²) >= 11 is 0. The molecule has 0 aliphatic heterocycles. The first-order chi connectivity index (χ1) is 16.6. The van der Waals surface area contributed by atoms with Gasteiger partial charge in [0.2, 0.25) is 0 Å². The van der Waals surface area contributed by atoms with Crippen LogP contribution in [0, 0.1) is 0 Å². The highest BCUT2D eigenvalue weighted by Gasteiger charge is 2.20. The third-order valence-corrected chi connectivity index (χ3v) is 5.59. The zero-order valence-electron chi connectivity index (χ0n) is 18.5. The van der Waals surface area contributed by atoms with Crippen molar-refractivity contribution in [3.8, 4) is 5.88 Å². The van der Waals surface area contributed by atoms with Crippen molar-refractivity contribution in [3.05, 3.63) is 114 Å². The molecule has 3 aromatic carbocycles. The monoisotopic (exact) mass is 450 g/mol. The van der Waals surface area contributed by atoms with Gasteiger partial charge < -0.3 is 19.4 Å². The smallest absolute Gasteiger partial charge is 0.337 e. The number of benzene rings is 3. The summed E-state index contributed by atoms with van der Waals surface area (Å²) < 4.78 is 6.82. The number of carbonyl (C=O) groups excluding carboxylic acids is 1. The highest BCUT2D eigenvalue weighted by molar-refractivity contribution is 6.22. The van der Waals surface area contributed by atoms with Crippen molar-refractivity contribution in [1.29, 1.82) is 0 Å². The molecule has 7 nitrogen and oxygen atoms in total. The van der Waals surface area contributed by atoms with Crippen LogP contribution in [-0.2, 0) is 11.3 Å². The van der Waals surface area contributed by atoms with Crippen LogP contribution in [0.4, 0.5) is 5.69 Å². The number of nitrogens with one attached hydrogen (secondary N) is 1. The maximum absolute atomic E-state index is 11.9. The molecule has 0 aliphatic rings. The molecule has 0 unspecified atom stereocenters. The highest BCUT2D eigenvalue weighted by Crippen LogP contribution is 2.32. The van der Waals surface area contributed by atoms with E-state index in [-0.39, 0.29) is 5.88 Å². The number of aromatic amines is 1. The molecular formula is C27H22N4O3. The van der Waals surface area contributed by atoms with Crippen LogP contribution in [0.15, 0.2) is 96.5 Å². The molecule has 5 rings (SSSR count). The Morgan fingerprint density at radius 2 is 1.85 bits per heavy atom. The van der Waals surface area contributed by atoms with Gasteiger partial charge in [-0.25, -0.2) is 14.8 Å². The Balaban J connectivity index is 1.59. The van der Waals surface area contributed by atoms with Crippen molar-refractivity contribution in [2.75, 3.05) is 7.11 Å². The van der Waals surface area contributed by atoms with Crippen LogP contribution >= 0.6 is 0 Å². The van der Waals surface area contributed by atoms with Crippen molar-refractivity contribution >= 4 is 28.3 Å². The predicted molar refractivity (Wildman–Crippen MR) is 131 cm³/mol. The first-order valence-electron chi connectivity index (χ1n) is 10.7. The second-order valence-corrected chi connectivity index (χ2v) is 7.83. The van der Waals surface area contributed by atoms with E-state index in [9.17, 15) is 9.90 Å². The predicted octanol–water partition coefficient (Wildman–Crippen LogP) is 5.07. The molecule has 168 valence electrons. The summed E-state index contributed by atoms with van der Waals surface area (Å²) in [6.07, 6.45) is 5.46. The Kier molecular flexibility index (Phi) is 5.66. The number of fused-ring (bicyclic) bond motifs is 1. The van der Waals surface area contributed by atoms with E-state index in [1.165, 1.54) is 7.11 Å². The first-order valence-corrected chi connectivity index (χ1v) is 10.7. The number of methoxy groups -OCH3 is 1. The summed E-state index contributed by atoms with van der Waals surface area (Å²) in [5.74, 6) is -0.457. The van der Waals surface area contributed by atoms with E-state index in [1.807, 2.05) is 65.4 Å². The molecule has 0 atom stereocenters. The quantitative estimate of drug-likeness (QED) is 0.279. The zero-order valence-corrected chi connectivity index (χ0v) is 18.5. The lowest BCUT2D eigenvalue weighted by Crippen LogP contribution is -2.03. The fraction of sp³-hybridized carbons (Fsp3) is 0.0741. The molecule has 0 bridgehead atoms. The van der Waals surface area contributed by atoms with Gasteiger partial charge in [-0.3, -0.25) is 0 Å². The molecule has 0 radical (unpaired) electrons. The number of H-pyrrole nitrogens is 1. The minimum atomic E-state index is -0.440. The second kappa shape index (κ2) is 9.07. The molecule has 2 heterocycles. The molecule has 0 aliphatic carbocycles. The lowest BCUT2D eigenvalue weighted by atomic mass is 10.00. The van der Waals surface area contributed by atoms with Gasteiger partial charge >= 0.3 is 5.97 Å². The molecule has 34 heavy (non-hydrogen) atoms. The zero-order chi connectivity index (χ0) is 23.5. The summed E-state index contributed by atoms with van der Waals surface area (Å²) in [6, 6.07) is 22.8. The van der Waals surface area contributed by atoms with Crippen molar-refractivity contribution in [1.82, 2.24) is 14.5 Å². The van der Waals surface area contributed by atoms with Crippen molar-refractivity contribution in [3.63, 3.8) is 0 Å². The van der Waals surface area contributed by atoms with Crippen LogP contribution in [0.3, 0.4) is 0 Å². The third kappa shape index (κ3) is 4.19. The van der Waals surface area contributed by atoms with Gasteiger partial charge in [0.15, 0.2) is 5.88 Å². The molecule has 7 heteroatoms. The molecule has 2 N–H and O–H groups in total. The van der Waals surface area contributed by atoms with E-state index in [4.69, 9.17) is 9.73 Å². The van der Waals surface area contributed by atoms with Gasteiger partial charge in [0.05, 0.1) is 36.0 Å². The van der Waals surface area contributed by atoms with Gasteiger partial charge in [-0.1, -0.05) is 48.5 Å². The van der Waals surface area contributed by atoms with Gasteiger partial charge in [-0.15, -0.1) is 0 Å². The van der Waals surface area contributed by atoms with Crippen LogP contribution in [0.1, 0.15) is 27.0 Å². The summed E-state index contributed by atoms with van der Waals surface area (Å²) in [6.45, 7) is 0.724. The largest absolute Gasteiger partial charge is 0.494 e. The number of nitrogens with zero attached hydrogens (tertiary/aromatic N) is 3. The minimum Gasteiger partial charge on any atom is -0.494 e. The van der Waals surface area contributed by atoms with E-state index in [0.717, 1.165) is 28.7 Å². The Hall–Kier alpha value is -4.65. The molecule has 5 aromatic rings. The van der Waals surface area contributed by atoms with E-state index in [2.05, 4.69) is 9.97 Å². The average molecular weight is 450 g/mol. The fourth-order valence-corrected chi connectivity index (χ4v) is 3.92. The second-order valence-electron chi connectivity index (χ2n) is 7.83. The van der Waals surface area contributed by atoms with Crippen LogP contribution in [-0.4, -0.2) is 38.4 Å². The van der Waals surface area contributed by atoms with E-state index in [1.54, 1.807) is 30.7 Å². The number of imidazole rings is 1. The standard InChI is InChI=1S/C27H22N4O3/c1-34-27(33)20-9-12-22-23(15-20)30-26(32)24(22)25(19-5-3-2-4-6-19)29-21-10-7-18(8-11-21)16-31-14-13-28-17-31/h2-15,17,30,32H,16H2,1H3. The van der Waals surface area contributed by atoms with Gasteiger partial charge in [-0.2, -0.15) is 0 Å².